The van der Waals surface area contributed by atoms with Gasteiger partial charge >= 0.3 is 0 Å². The highest BCUT2D eigenvalue weighted by molar-refractivity contribution is 6.32. The lowest BCUT2D eigenvalue weighted by molar-refractivity contribution is -0.127. The average molecular weight is 398 g/mol. The Bertz CT molecular complexity index is 1010. The fourth-order valence-electron chi connectivity index (χ4n) is 2.59. The van der Waals surface area contributed by atoms with E-state index >= 15 is 0 Å². The van der Waals surface area contributed by atoms with E-state index in [4.69, 9.17) is 16.3 Å². The molecule has 7 heteroatoms. The zero-order chi connectivity index (χ0) is 19.9. The fraction of sp³-hybridized carbons (Fsp3) is 0.190. The number of aromatic nitrogens is 2. The van der Waals surface area contributed by atoms with Gasteiger partial charge < -0.3 is 10.1 Å². The Morgan fingerprint density at radius 1 is 1.18 bits per heavy atom. The summed E-state index contributed by atoms with van der Waals surface area (Å²) in [5.41, 5.74) is 1.32. The Labute approximate surface area is 167 Å². The van der Waals surface area contributed by atoms with Gasteiger partial charge in [-0.15, -0.1) is 0 Å². The molecule has 3 aromatic rings. The number of carbonyl (C=O) groups is 1. The molecular formula is C21H20ClN3O3. The van der Waals surface area contributed by atoms with Gasteiger partial charge in [0.1, 0.15) is 5.75 Å². The fourth-order valence-corrected chi connectivity index (χ4v) is 2.77. The van der Waals surface area contributed by atoms with Crippen LogP contribution in [0.25, 0.3) is 11.3 Å². The lowest BCUT2D eigenvalue weighted by Crippen LogP contribution is -2.38. The molecule has 0 aliphatic heterocycles. The minimum absolute atomic E-state index is 0.177. The van der Waals surface area contributed by atoms with Crippen molar-refractivity contribution >= 4 is 17.5 Å². The van der Waals surface area contributed by atoms with E-state index in [1.165, 1.54) is 17.0 Å². The monoisotopic (exact) mass is 397 g/mol. The topological polar surface area (TPSA) is 73.2 Å². The molecule has 0 radical (unpaired) electrons. The van der Waals surface area contributed by atoms with Gasteiger partial charge in [0.15, 0.2) is 6.10 Å². The largest absolute Gasteiger partial charge is 0.479 e. The summed E-state index contributed by atoms with van der Waals surface area (Å²) in [6.07, 6.45) is 0.774. The number of amides is 1. The third kappa shape index (κ3) is 4.98. The van der Waals surface area contributed by atoms with Crippen molar-refractivity contribution in [1.29, 1.82) is 0 Å². The second-order valence-electron chi connectivity index (χ2n) is 6.15. The molecule has 1 amide bonds. The van der Waals surface area contributed by atoms with Crippen LogP contribution in [-0.4, -0.2) is 28.1 Å². The average Bonchev–Trinajstić information content (AvgIpc) is 2.71. The molecule has 0 aliphatic rings. The standard InChI is InChI=1S/C21H20ClN3O3/c1-15(28-19-10-6-5-9-17(19)22)21(27)23-11-12-25-14-24-18(13-20(25)26)16-7-3-2-4-8-16/h2-10,13-15H,11-12H2,1H3,(H,23,27)/t15-/m1/s1. The van der Waals surface area contributed by atoms with E-state index < -0.39 is 6.10 Å². The molecule has 2 aromatic carbocycles. The van der Waals surface area contributed by atoms with Crippen LogP contribution in [0.4, 0.5) is 0 Å². The van der Waals surface area contributed by atoms with Crippen molar-refractivity contribution in [1.82, 2.24) is 14.9 Å². The van der Waals surface area contributed by atoms with Gasteiger partial charge in [0.25, 0.3) is 11.5 Å². The molecule has 0 bridgehead atoms. The van der Waals surface area contributed by atoms with Crippen molar-refractivity contribution in [3.63, 3.8) is 0 Å². The van der Waals surface area contributed by atoms with Crippen molar-refractivity contribution < 1.29 is 9.53 Å². The number of ether oxygens (including phenoxy) is 1. The molecule has 0 spiro atoms. The zero-order valence-corrected chi connectivity index (χ0v) is 16.1. The number of halogens is 1. The molecule has 1 aromatic heterocycles. The first-order valence-corrected chi connectivity index (χ1v) is 9.23. The number of nitrogens with zero attached hydrogens (tertiary/aromatic N) is 2. The van der Waals surface area contributed by atoms with Crippen molar-refractivity contribution in [3.8, 4) is 17.0 Å². The number of benzene rings is 2. The quantitative estimate of drug-likeness (QED) is 0.664. The van der Waals surface area contributed by atoms with Crippen LogP contribution in [0.2, 0.25) is 5.02 Å². The maximum absolute atomic E-state index is 12.3. The molecule has 144 valence electrons. The lowest BCUT2D eigenvalue weighted by atomic mass is 10.1. The van der Waals surface area contributed by atoms with Crippen molar-refractivity contribution in [2.45, 2.75) is 19.6 Å². The Hall–Kier alpha value is -3.12. The molecule has 1 atom stereocenters. The SMILES string of the molecule is C[C@@H](Oc1ccccc1Cl)C(=O)NCCn1cnc(-c2ccccc2)cc1=O. The van der Waals surface area contributed by atoms with Crippen LogP contribution < -0.4 is 15.6 Å². The first-order valence-electron chi connectivity index (χ1n) is 8.85. The Morgan fingerprint density at radius 3 is 2.61 bits per heavy atom. The lowest BCUT2D eigenvalue weighted by Gasteiger charge is -2.15. The summed E-state index contributed by atoms with van der Waals surface area (Å²) in [4.78, 5) is 28.8. The second-order valence-corrected chi connectivity index (χ2v) is 6.56. The smallest absolute Gasteiger partial charge is 0.260 e. The zero-order valence-electron chi connectivity index (χ0n) is 15.3. The Kier molecular flexibility index (Phi) is 6.45. The van der Waals surface area contributed by atoms with Crippen LogP contribution in [0, 0.1) is 0 Å². The van der Waals surface area contributed by atoms with Gasteiger partial charge in [-0.3, -0.25) is 14.2 Å². The Balaban J connectivity index is 1.54. The van der Waals surface area contributed by atoms with Crippen molar-refractivity contribution in [3.05, 3.63) is 82.4 Å². The van der Waals surface area contributed by atoms with E-state index in [2.05, 4.69) is 10.3 Å². The molecule has 3 rings (SSSR count). The minimum atomic E-state index is -0.713. The number of nitrogens with one attached hydrogen (secondary N) is 1. The molecule has 1 heterocycles. The Morgan fingerprint density at radius 2 is 1.89 bits per heavy atom. The molecule has 0 saturated heterocycles. The highest BCUT2D eigenvalue weighted by Gasteiger charge is 2.15. The summed E-state index contributed by atoms with van der Waals surface area (Å²) in [6.45, 7) is 2.23. The summed E-state index contributed by atoms with van der Waals surface area (Å²) in [5, 5.41) is 3.19. The van der Waals surface area contributed by atoms with Gasteiger partial charge in [-0.05, 0) is 19.1 Å². The molecule has 6 nitrogen and oxygen atoms in total. The van der Waals surface area contributed by atoms with Crippen LogP contribution in [0.15, 0.2) is 71.8 Å². The van der Waals surface area contributed by atoms with Gasteiger partial charge in [-0.1, -0.05) is 54.1 Å². The summed E-state index contributed by atoms with van der Waals surface area (Å²) in [7, 11) is 0. The number of hydrogen-bond donors (Lipinski definition) is 1. The minimum Gasteiger partial charge on any atom is -0.479 e. The summed E-state index contributed by atoms with van der Waals surface area (Å²) in [6, 6.07) is 17.9. The molecule has 1 N–H and O–H groups in total. The van der Waals surface area contributed by atoms with Gasteiger partial charge in [-0.2, -0.15) is 0 Å². The highest BCUT2D eigenvalue weighted by atomic mass is 35.5. The first kappa shape index (κ1) is 19.6. The molecule has 0 unspecified atom stereocenters. The van der Waals surface area contributed by atoms with E-state index in [0.29, 0.717) is 23.0 Å². The van der Waals surface area contributed by atoms with E-state index in [9.17, 15) is 9.59 Å². The summed E-state index contributed by atoms with van der Waals surface area (Å²) >= 11 is 6.03. The predicted octanol–water partition coefficient (Wildman–Crippen LogP) is 3.15. The molecular weight excluding hydrogens is 378 g/mol. The number of hydrogen-bond acceptors (Lipinski definition) is 4. The van der Waals surface area contributed by atoms with Gasteiger partial charge in [0, 0.05) is 24.7 Å². The number of carbonyl (C=O) groups excluding carboxylic acids is 1. The van der Waals surface area contributed by atoms with Gasteiger partial charge in [0.05, 0.1) is 17.0 Å². The maximum Gasteiger partial charge on any atom is 0.260 e. The summed E-state index contributed by atoms with van der Waals surface area (Å²) < 4.78 is 7.02. The van der Waals surface area contributed by atoms with Crippen LogP contribution in [0.5, 0.6) is 5.75 Å². The molecule has 0 saturated carbocycles. The number of para-hydroxylation sites is 1. The highest BCUT2D eigenvalue weighted by Crippen LogP contribution is 2.24. The summed E-state index contributed by atoms with van der Waals surface area (Å²) in [5.74, 6) is 0.158. The number of rotatable bonds is 7. The normalized spacial score (nSPS) is 11.6. The van der Waals surface area contributed by atoms with Crippen molar-refractivity contribution in [2.75, 3.05) is 6.54 Å². The van der Waals surface area contributed by atoms with E-state index in [1.807, 2.05) is 30.3 Å². The first-order chi connectivity index (χ1) is 13.5. The predicted molar refractivity (Wildman–Crippen MR) is 108 cm³/mol. The van der Waals surface area contributed by atoms with Crippen molar-refractivity contribution in [2.24, 2.45) is 0 Å². The van der Waals surface area contributed by atoms with E-state index in [1.54, 1.807) is 31.2 Å². The van der Waals surface area contributed by atoms with Crippen LogP contribution in [-0.2, 0) is 11.3 Å². The van der Waals surface area contributed by atoms with Gasteiger partial charge in [0.2, 0.25) is 0 Å². The molecule has 0 fully saturated rings. The maximum atomic E-state index is 12.3. The molecule has 28 heavy (non-hydrogen) atoms. The molecule has 0 aliphatic carbocycles. The van der Waals surface area contributed by atoms with Crippen LogP contribution in [0.1, 0.15) is 6.92 Å². The van der Waals surface area contributed by atoms with Crippen LogP contribution >= 0.6 is 11.6 Å². The third-order valence-corrected chi connectivity index (χ3v) is 4.42. The van der Waals surface area contributed by atoms with Crippen LogP contribution in [0.3, 0.4) is 0 Å². The van der Waals surface area contributed by atoms with Gasteiger partial charge in [-0.25, -0.2) is 4.98 Å². The third-order valence-electron chi connectivity index (χ3n) is 4.11. The second kappa shape index (κ2) is 9.19. The van der Waals surface area contributed by atoms with E-state index in [0.717, 1.165) is 5.56 Å². The van der Waals surface area contributed by atoms with E-state index in [-0.39, 0.29) is 18.0 Å².